The molecule has 0 aromatic heterocycles. The highest BCUT2D eigenvalue weighted by atomic mass is 35.5. The molecule has 1 heterocycles. The second-order valence-electron chi connectivity index (χ2n) is 3.02. The van der Waals surface area contributed by atoms with Gasteiger partial charge in [-0.2, -0.15) is 0 Å². The second kappa shape index (κ2) is 3.38. The average Bonchev–Trinajstić information content (AvgIpc) is 2.28. The minimum atomic E-state index is -0.0783. The van der Waals surface area contributed by atoms with Crippen LogP contribution in [0, 0.1) is 0 Å². The number of nitrogens with two attached hydrogens (primary N) is 1. The molecular formula is C9H9ClN2O2. The van der Waals surface area contributed by atoms with E-state index in [0.717, 1.165) is 0 Å². The number of ether oxygens (including phenoxy) is 1. The lowest BCUT2D eigenvalue weighted by Gasteiger charge is -2.08. The van der Waals surface area contributed by atoms with Gasteiger partial charge in [0.25, 0.3) is 0 Å². The molecule has 1 aliphatic heterocycles. The topological polar surface area (TPSA) is 64.3 Å². The van der Waals surface area contributed by atoms with Crippen molar-refractivity contribution in [3.05, 3.63) is 17.2 Å². The predicted octanol–water partition coefficient (Wildman–Crippen LogP) is 1.64. The highest BCUT2D eigenvalue weighted by Crippen LogP contribution is 2.34. The lowest BCUT2D eigenvalue weighted by molar-refractivity contribution is -0.116. The zero-order chi connectivity index (χ0) is 10.1. The molecule has 1 amide bonds. The van der Waals surface area contributed by atoms with Gasteiger partial charge in [0.2, 0.25) is 5.91 Å². The van der Waals surface area contributed by atoms with Gasteiger partial charge in [0, 0.05) is 6.07 Å². The molecule has 0 unspecified atom stereocenters. The zero-order valence-electron chi connectivity index (χ0n) is 7.34. The maximum absolute atomic E-state index is 11.2. The number of nitrogens with one attached hydrogen (secondary N) is 1. The van der Waals surface area contributed by atoms with Crippen LogP contribution in [0.2, 0.25) is 5.02 Å². The van der Waals surface area contributed by atoms with Crippen LogP contribution in [-0.2, 0) is 4.79 Å². The summed E-state index contributed by atoms with van der Waals surface area (Å²) in [6, 6.07) is 3.21. The number of hydrogen-bond donors (Lipinski definition) is 2. The second-order valence-corrected chi connectivity index (χ2v) is 3.42. The van der Waals surface area contributed by atoms with Crippen LogP contribution < -0.4 is 15.8 Å². The van der Waals surface area contributed by atoms with E-state index in [9.17, 15) is 4.79 Å². The molecule has 0 spiro atoms. The van der Waals surface area contributed by atoms with Crippen LogP contribution in [0.1, 0.15) is 6.42 Å². The van der Waals surface area contributed by atoms with Crippen LogP contribution in [-0.4, -0.2) is 12.5 Å². The van der Waals surface area contributed by atoms with Gasteiger partial charge in [0.05, 0.1) is 29.4 Å². The Balaban J connectivity index is 2.46. The summed E-state index contributed by atoms with van der Waals surface area (Å²) in [5.41, 5.74) is 6.61. The van der Waals surface area contributed by atoms with Crippen molar-refractivity contribution < 1.29 is 9.53 Å². The number of anilines is 2. The predicted molar refractivity (Wildman–Crippen MR) is 54.6 cm³/mol. The van der Waals surface area contributed by atoms with Crippen LogP contribution in [0.15, 0.2) is 12.1 Å². The molecule has 4 nitrogen and oxygen atoms in total. The minimum absolute atomic E-state index is 0.0783. The highest BCUT2D eigenvalue weighted by Gasteiger charge is 2.15. The van der Waals surface area contributed by atoms with E-state index >= 15 is 0 Å². The van der Waals surface area contributed by atoms with E-state index < -0.39 is 0 Å². The van der Waals surface area contributed by atoms with E-state index in [1.807, 2.05) is 0 Å². The Kier molecular flexibility index (Phi) is 2.21. The summed E-state index contributed by atoms with van der Waals surface area (Å²) in [7, 11) is 0. The highest BCUT2D eigenvalue weighted by molar-refractivity contribution is 6.33. The molecule has 0 saturated carbocycles. The molecule has 1 aromatic carbocycles. The molecule has 0 saturated heterocycles. The summed E-state index contributed by atoms with van der Waals surface area (Å²) in [4.78, 5) is 11.2. The van der Waals surface area contributed by atoms with E-state index in [4.69, 9.17) is 22.1 Å². The number of fused-ring (bicyclic) bond motifs is 1. The molecule has 0 atom stereocenters. The number of carbonyl (C=O) groups excluding carboxylic acids is 1. The largest absolute Gasteiger partial charge is 0.491 e. The Bertz CT molecular complexity index is 393. The molecule has 0 fully saturated rings. The van der Waals surface area contributed by atoms with Gasteiger partial charge in [-0.25, -0.2) is 0 Å². The van der Waals surface area contributed by atoms with Crippen LogP contribution in [0.3, 0.4) is 0 Å². The Morgan fingerprint density at radius 1 is 1.50 bits per heavy atom. The molecule has 0 radical (unpaired) electrons. The smallest absolute Gasteiger partial charge is 0.227 e. The summed E-state index contributed by atoms with van der Waals surface area (Å²) in [5.74, 6) is 0.487. The Labute approximate surface area is 86.0 Å². The van der Waals surface area contributed by atoms with Crippen molar-refractivity contribution in [2.75, 3.05) is 17.7 Å². The van der Waals surface area contributed by atoms with Crippen LogP contribution >= 0.6 is 11.6 Å². The van der Waals surface area contributed by atoms with Crippen LogP contribution in [0.25, 0.3) is 0 Å². The third-order valence-electron chi connectivity index (χ3n) is 1.96. The van der Waals surface area contributed by atoms with E-state index in [1.54, 1.807) is 12.1 Å². The van der Waals surface area contributed by atoms with Crippen molar-refractivity contribution in [2.24, 2.45) is 0 Å². The lowest BCUT2D eigenvalue weighted by atomic mass is 10.2. The fourth-order valence-corrected chi connectivity index (χ4v) is 1.41. The van der Waals surface area contributed by atoms with Gasteiger partial charge in [-0.05, 0) is 6.07 Å². The van der Waals surface area contributed by atoms with Crippen molar-refractivity contribution >= 4 is 28.9 Å². The van der Waals surface area contributed by atoms with Gasteiger partial charge in [-0.15, -0.1) is 0 Å². The molecule has 0 bridgehead atoms. The number of benzene rings is 1. The fraction of sp³-hybridized carbons (Fsp3) is 0.222. The van der Waals surface area contributed by atoms with Crippen molar-refractivity contribution in [2.45, 2.75) is 6.42 Å². The SMILES string of the molecule is Nc1cc2c(cc1Cl)OCCC(=O)N2. The van der Waals surface area contributed by atoms with Gasteiger partial charge in [-0.1, -0.05) is 11.6 Å². The molecule has 0 aliphatic carbocycles. The Morgan fingerprint density at radius 3 is 3.07 bits per heavy atom. The van der Waals surface area contributed by atoms with Crippen LogP contribution in [0.4, 0.5) is 11.4 Å². The van der Waals surface area contributed by atoms with Crippen molar-refractivity contribution in [1.82, 2.24) is 0 Å². The number of halogens is 1. The number of hydrogen-bond acceptors (Lipinski definition) is 3. The first kappa shape index (κ1) is 9.15. The maximum Gasteiger partial charge on any atom is 0.227 e. The van der Waals surface area contributed by atoms with E-state index in [0.29, 0.717) is 35.2 Å². The van der Waals surface area contributed by atoms with Gasteiger partial charge < -0.3 is 15.8 Å². The fourth-order valence-electron chi connectivity index (χ4n) is 1.26. The molecule has 1 aliphatic rings. The first-order chi connectivity index (χ1) is 6.66. The van der Waals surface area contributed by atoms with Crippen molar-refractivity contribution in [1.29, 1.82) is 0 Å². The van der Waals surface area contributed by atoms with Gasteiger partial charge >= 0.3 is 0 Å². The normalized spacial score (nSPS) is 15.1. The number of rotatable bonds is 0. The third kappa shape index (κ3) is 1.61. The minimum Gasteiger partial charge on any atom is -0.491 e. The molecule has 1 aromatic rings. The third-order valence-corrected chi connectivity index (χ3v) is 2.29. The molecule has 74 valence electrons. The Morgan fingerprint density at radius 2 is 2.29 bits per heavy atom. The standard InChI is InChI=1S/C9H9ClN2O2/c10-5-3-8-7(4-6(5)11)12-9(13)1-2-14-8/h3-4H,1-2,11H2,(H,12,13). The van der Waals surface area contributed by atoms with E-state index in [2.05, 4.69) is 5.32 Å². The van der Waals surface area contributed by atoms with Gasteiger partial charge in [-0.3, -0.25) is 4.79 Å². The van der Waals surface area contributed by atoms with Crippen molar-refractivity contribution in [3.8, 4) is 5.75 Å². The average molecular weight is 213 g/mol. The maximum atomic E-state index is 11.2. The Hall–Kier alpha value is -1.42. The molecule has 3 N–H and O–H groups in total. The monoisotopic (exact) mass is 212 g/mol. The van der Waals surface area contributed by atoms with E-state index in [1.165, 1.54) is 0 Å². The van der Waals surface area contributed by atoms with Crippen LogP contribution in [0.5, 0.6) is 5.75 Å². The first-order valence-electron chi connectivity index (χ1n) is 4.18. The molecular weight excluding hydrogens is 204 g/mol. The summed E-state index contributed by atoms with van der Waals surface area (Å²) in [6.07, 6.45) is 0.339. The quantitative estimate of drug-likeness (QED) is 0.643. The summed E-state index contributed by atoms with van der Waals surface area (Å²) in [6.45, 7) is 0.360. The summed E-state index contributed by atoms with van der Waals surface area (Å²) < 4.78 is 5.33. The summed E-state index contributed by atoms with van der Waals surface area (Å²) in [5, 5.41) is 3.12. The molecule has 5 heteroatoms. The molecule has 14 heavy (non-hydrogen) atoms. The molecule has 2 rings (SSSR count). The first-order valence-corrected chi connectivity index (χ1v) is 4.56. The number of nitrogen functional groups attached to an aromatic ring is 1. The number of amides is 1. The van der Waals surface area contributed by atoms with E-state index in [-0.39, 0.29) is 5.91 Å². The van der Waals surface area contributed by atoms with Gasteiger partial charge in [0.15, 0.2) is 0 Å². The summed E-state index contributed by atoms with van der Waals surface area (Å²) >= 11 is 5.82. The lowest BCUT2D eigenvalue weighted by Crippen LogP contribution is -2.10. The number of carbonyl (C=O) groups is 1. The van der Waals surface area contributed by atoms with Gasteiger partial charge in [0.1, 0.15) is 5.75 Å². The zero-order valence-corrected chi connectivity index (χ0v) is 8.10. The van der Waals surface area contributed by atoms with Crippen molar-refractivity contribution in [3.63, 3.8) is 0 Å².